The van der Waals surface area contributed by atoms with E-state index in [0.717, 1.165) is 30.4 Å². The molecule has 7 heteroatoms. The molecule has 2 heterocycles. The Morgan fingerprint density at radius 1 is 1.41 bits per heavy atom. The Balaban J connectivity index is 1.37. The van der Waals surface area contributed by atoms with E-state index in [4.69, 9.17) is 4.52 Å². The average molecular weight is 365 g/mol. The summed E-state index contributed by atoms with van der Waals surface area (Å²) < 4.78 is 5.14. The summed E-state index contributed by atoms with van der Waals surface area (Å²) >= 11 is 0. The maximum atomic E-state index is 12.5. The number of amides is 1. The second-order valence-electron chi connectivity index (χ2n) is 7.37. The minimum atomic E-state index is -0.541. The summed E-state index contributed by atoms with van der Waals surface area (Å²) in [6.07, 6.45) is 4.50. The molecule has 1 aromatic carbocycles. The first-order valence-corrected chi connectivity index (χ1v) is 9.54. The van der Waals surface area contributed by atoms with Crippen molar-refractivity contribution in [3.8, 4) is 17.5 Å². The SMILES string of the molecule is CCc1nc(-c2ccc(C[C@@H](C#N)NC(=O)C3NC4CCC3C4)cc2)no1. The summed E-state index contributed by atoms with van der Waals surface area (Å²) in [7, 11) is 0. The number of carbonyl (C=O) groups excluding carboxylic acids is 1. The Hall–Kier alpha value is -2.72. The number of fused-ring (bicyclic) bond motifs is 2. The lowest BCUT2D eigenvalue weighted by molar-refractivity contribution is -0.124. The number of aryl methyl sites for hydroxylation is 1. The molecule has 27 heavy (non-hydrogen) atoms. The monoisotopic (exact) mass is 365 g/mol. The van der Waals surface area contributed by atoms with Crippen LogP contribution in [0.15, 0.2) is 28.8 Å². The molecule has 1 saturated heterocycles. The third-order valence-corrected chi connectivity index (χ3v) is 5.54. The smallest absolute Gasteiger partial charge is 0.238 e. The predicted molar refractivity (Wildman–Crippen MR) is 98.4 cm³/mol. The Kier molecular flexibility index (Phi) is 4.90. The average Bonchev–Trinajstić information content (AvgIpc) is 3.44. The number of piperidine rings is 1. The highest BCUT2D eigenvalue weighted by Gasteiger charge is 2.43. The van der Waals surface area contributed by atoms with Crippen molar-refractivity contribution in [3.63, 3.8) is 0 Å². The largest absolute Gasteiger partial charge is 0.339 e. The highest BCUT2D eigenvalue weighted by molar-refractivity contribution is 5.83. The second kappa shape index (κ2) is 7.49. The number of aromatic nitrogens is 2. The molecular formula is C20H23N5O2. The van der Waals surface area contributed by atoms with E-state index in [2.05, 4.69) is 26.8 Å². The van der Waals surface area contributed by atoms with Crippen LogP contribution in [0.25, 0.3) is 11.4 Å². The third kappa shape index (κ3) is 3.71. The zero-order valence-electron chi connectivity index (χ0n) is 15.3. The minimum absolute atomic E-state index is 0.0516. The number of hydrogen-bond donors (Lipinski definition) is 2. The molecule has 140 valence electrons. The fourth-order valence-corrected chi connectivity index (χ4v) is 4.08. The van der Waals surface area contributed by atoms with Crippen LogP contribution < -0.4 is 10.6 Å². The number of rotatable bonds is 6. The molecule has 1 aliphatic carbocycles. The van der Waals surface area contributed by atoms with Crippen LogP contribution in [0.5, 0.6) is 0 Å². The van der Waals surface area contributed by atoms with Crippen molar-refractivity contribution >= 4 is 5.91 Å². The van der Waals surface area contributed by atoms with E-state index in [0.29, 0.717) is 36.5 Å². The van der Waals surface area contributed by atoms with Crippen LogP contribution in [-0.2, 0) is 17.6 Å². The van der Waals surface area contributed by atoms with Gasteiger partial charge in [0.05, 0.1) is 12.1 Å². The van der Waals surface area contributed by atoms with Gasteiger partial charge in [-0.2, -0.15) is 10.2 Å². The number of nitrogens with zero attached hydrogens (tertiary/aromatic N) is 3. The molecule has 2 N–H and O–H groups in total. The highest BCUT2D eigenvalue weighted by atomic mass is 16.5. The Bertz CT molecular complexity index is 854. The number of hydrogen-bond acceptors (Lipinski definition) is 6. The van der Waals surface area contributed by atoms with E-state index in [1.807, 2.05) is 31.2 Å². The van der Waals surface area contributed by atoms with Gasteiger partial charge in [-0.15, -0.1) is 0 Å². The molecule has 4 rings (SSSR count). The number of nitrogens with one attached hydrogen (secondary N) is 2. The summed E-state index contributed by atoms with van der Waals surface area (Å²) in [5.74, 6) is 1.53. The van der Waals surface area contributed by atoms with E-state index in [-0.39, 0.29) is 11.9 Å². The van der Waals surface area contributed by atoms with Crippen LogP contribution in [0.4, 0.5) is 0 Å². The molecule has 7 nitrogen and oxygen atoms in total. The quantitative estimate of drug-likeness (QED) is 0.811. The zero-order chi connectivity index (χ0) is 18.8. The molecule has 1 aliphatic heterocycles. The van der Waals surface area contributed by atoms with Crippen LogP contribution >= 0.6 is 0 Å². The molecule has 1 saturated carbocycles. The lowest BCUT2D eigenvalue weighted by Crippen LogP contribution is -2.50. The first-order valence-electron chi connectivity index (χ1n) is 9.54. The maximum absolute atomic E-state index is 12.5. The third-order valence-electron chi connectivity index (χ3n) is 5.54. The minimum Gasteiger partial charge on any atom is -0.339 e. The molecule has 4 atom stereocenters. The predicted octanol–water partition coefficient (Wildman–Crippen LogP) is 1.99. The van der Waals surface area contributed by atoms with Crippen molar-refractivity contribution in [1.82, 2.24) is 20.8 Å². The lowest BCUT2D eigenvalue weighted by Gasteiger charge is -2.23. The van der Waals surface area contributed by atoms with Gasteiger partial charge in [0.25, 0.3) is 0 Å². The highest BCUT2D eigenvalue weighted by Crippen LogP contribution is 2.35. The maximum Gasteiger partial charge on any atom is 0.238 e. The Morgan fingerprint density at radius 3 is 2.81 bits per heavy atom. The molecule has 1 aromatic heterocycles. The molecule has 2 fully saturated rings. The van der Waals surface area contributed by atoms with E-state index < -0.39 is 6.04 Å². The van der Waals surface area contributed by atoms with Gasteiger partial charge in [-0.1, -0.05) is 36.3 Å². The standard InChI is InChI=1S/C20H23N5O2/c1-2-17-24-19(25-27-17)13-5-3-12(4-6-13)9-16(11-21)23-20(26)18-14-7-8-15(10-14)22-18/h3-6,14-16,18,22H,2,7-10H2,1H3,(H,23,26)/t14?,15?,16-,18?/m0/s1. The summed E-state index contributed by atoms with van der Waals surface area (Å²) in [4.78, 5) is 16.8. The van der Waals surface area contributed by atoms with Crippen LogP contribution in [-0.4, -0.2) is 34.2 Å². The summed E-state index contributed by atoms with van der Waals surface area (Å²) in [5.41, 5.74) is 1.84. The van der Waals surface area contributed by atoms with Crippen LogP contribution in [0, 0.1) is 17.2 Å². The Labute approximate surface area is 158 Å². The summed E-state index contributed by atoms with van der Waals surface area (Å²) in [6.45, 7) is 1.96. The van der Waals surface area contributed by atoms with Gasteiger partial charge in [0.15, 0.2) is 0 Å². The van der Waals surface area contributed by atoms with Crippen LogP contribution in [0.1, 0.15) is 37.6 Å². The number of benzene rings is 1. The van der Waals surface area contributed by atoms with Crippen molar-refractivity contribution in [2.45, 2.75) is 57.2 Å². The second-order valence-corrected chi connectivity index (χ2v) is 7.37. The fourth-order valence-electron chi connectivity index (χ4n) is 4.08. The first kappa shape index (κ1) is 17.7. The van der Waals surface area contributed by atoms with Crippen molar-refractivity contribution in [2.24, 2.45) is 5.92 Å². The number of nitriles is 1. The van der Waals surface area contributed by atoms with Gasteiger partial charge in [0.1, 0.15) is 6.04 Å². The van der Waals surface area contributed by atoms with Gasteiger partial charge in [-0.3, -0.25) is 4.79 Å². The molecule has 1 amide bonds. The normalized spacial score (nSPS) is 24.5. The molecule has 0 radical (unpaired) electrons. The van der Waals surface area contributed by atoms with Crippen LogP contribution in [0.3, 0.4) is 0 Å². The molecule has 2 aliphatic rings. The first-order chi connectivity index (χ1) is 13.2. The molecule has 3 unspecified atom stereocenters. The molecular weight excluding hydrogens is 342 g/mol. The van der Waals surface area contributed by atoms with E-state index in [1.54, 1.807) is 0 Å². The number of carbonyl (C=O) groups is 1. The van der Waals surface area contributed by atoms with Gasteiger partial charge < -0.3 is 15.2 Å². The van der Waals surface area contributed by atoms with E-state index >= 15 is 0 Å². The van der Waals surface area contributed by atoms with Gasteiger partial charge in [0.2, 0.25) is 17.6 Å². The van der Waals surface area contributed by atoms with E-state index in [9.17, 15) is 10.1 Å². The van der Waals surface area contributed by atoms with Crippen molar-refractivity contribution in [3.05, 3.63) is 35.7 Å². The topological polar surface area (TPSA) is 104 Å². The summed E-state index contributed by atoms with van der Waals surface area (Å²) in [6, 6.07) is 9.68. The van der Waals surface area contributed by atoms with E-state index in [1.165, 1.54) is 0 Å². The van der Waals surface area contributed by atoms with Gasteiger partial charge in [0, 0.05) is 24.4 Å². The van der Waals surface area contributed by atoms with Gasteiger partial charge in [-0.25, -0.2) is 0 Å². The van der Waals surface area contributed by atoms with Crippen molar-refractivity contribution in [2.75, 3.05) is 0 Å². The van der Waals surface area contributed by atoms with Crippen LogP contribution in [0.2, 0.25) is 0 Å². The molecule has 2 bridgehead atoms. The van der Waals surface area contributed by atoms with Crippen molar-refractivity contribution in [1.29, 1.82) is 5.26 Å². The Morgan fingerprint density at radius 2 is 2.22 bits per heavy atom. The molecule has 2 aromatic rings. The summed E-state index contributed by atoms with van der Waals surface area (Å²) in [5, 5.41) is 19.7. The lowest BCUT2D eigenvalue weighted by atomic mass is 9.98. The van der Waals surface area contributed by atoms with Gasteiger partial charge >= 0.3 is 0 Å². The fraction of sp³-hybridized carbons (Fsp3) is 0.500. The molecule has 0 spiro atoms. The zero-order valence-corrected chi connectivity index (χ0v) is 15.3. The van der Waals surface area contributed by atoms with Gasteiger partial charge in [-0.05, 0) is 30.7 Å². The van der Waals surface area contributed by atoms with Crippen molar-refractivity contribution < 1.29 is 9.32 Å².